The standard InChI is InChI=1S/C15H9ClFN3O2/c16-9-3-1-2-8(6-9)14(21)20-19-13-11-7-10(17)4-5-12(11)18-15(13)22/h1-7,18,22H. The number of benzene rings is 2. The summed E-state index contributed by atoms with van der Waals surface area (Å²) in [6.45, 7) is 0. The molecule has 5 nitrogen and oxygen atoms in total. The Kier molecular flexibility index (Phi) is 3.60. The summed E-state index contributed by atoms with van der Waals surface area (Å²) >= 11 is 5.80. The van der Waals surface area contributed by atoms with Crippen molar-refractivity contribution in [1.29, 1.82) is 0 Å². The van der Waals surface area contributed by atoms with Crippen molar-refractivity contribution in [2.75, 3.05) is 0 Å². The lowest BCUT2D eigenvalue weighted by Crippen LogP contribution is -1.92. The Labute approximate surface area is 129 Å². The molecule has 1 heterocycles. The second kappa shape index (κ2) is 5.57. The molecule has 0 aliphatic carbocycles. The molecule has 0 unspecified atom stereocenters. The van der Waals surface area contributed by atoms with E-state index in [9.17, 15) is 14.3 Å². The van der Waals surface area contributed by atoms with Gasteiger partial charge in [-0.2, -0.15) is 0 Å². The maximum absolute atomic E-state index is 13.3. The number of amides is 1. The van der Waals surface area contributed by atoms with Crippen LogP contribution < -0.4 is 0 Å². The van der Waals surface area contributed by atoms with Gasteiger partial charge in [0, 0.05) is 16.0 Å². The van der Waals surface area contributed by atoms with E-state index in [1.54, 1.807) is 18.2 Å². The summed E-state index contributed by atoms with van der Waals surface area (Å²) in [5.41, 5.74) is 0.759. The summed E-state index contributed by atoms with van der Waals surface area (Å²) in [5.74, 6) is -1.39. The Balaban J connectivity index is 1.97. The molecule has 0 fully saturated rings. The molecule has 110 valence electrons. The van der Waals surface area contributed by atoms with Gasteiger partial charge in [0.15, 0.2) is 5.69 Å². The van der Waals surface area contributed by atoms with E-state index in [2.05, 4.69) is 15.2 Å². The Morgan fingerprint density at radius 2 is 2.05 bits per heavy atom. The van der Waals surface area contributed by atoms with Crippen molar-refractivity contribution in [1.82, 2.24) is 4.98 Å². The number of nitrogens with one attached hydrogen (secondary N) is 1. The topological polar surface area (TPSA) is 77.8 Å². The smallest absolute Gasteiger partial charge is 0.295 e. The van der Waals surface area contributed by atoms with Gasteiger partial charge >= 0.3 is 0 Å². The first-order chi connectivity index (χ1) is 10.5. The average molecular weight is 318 g/mol. The van der Waals surface area contributed by atoms with E-state index in [0.717, 1.165) is 0 Å². The van der Waals surface area contributed by atoms with E-state index in [1.165, 1.54) is 24.3 Å². The number of aromatic nitrogens is 1. The zero-order valence-corrected chi connectivity index (χ0v) is 11.8. The van der Waals surface area contributed by atoms with Crippen molar-refractivity contribution in [3.05, 3.63) is 58.9 Å². The molecule has 22 heavy (non-hydrogen) atoms. The van der Waals surface area contributed by atoms with Crippen LogP contribution in [0.2, 0.25) is 5.02 Å². The van der Waals surface area contributed by atoms with Crippen LogP contribution >= 0.6 is 11.6 Å². The number of rotatable bonds is 2. The highest BCUT2D eigenvalue weighted by atomic mass is 35.5. The molecular weight excluding hydrogens is 309 g/mol. The molecule has 2 aromatic carbocycles. The Morgan fingerprint density at radius 1 is 1.23 bits per heavy atom. The van der Waals surface area contributed by atoms with Crippen molar-refractivity contribution in [3.63, 3.8) is 0 Å². The number of hydrogen-bond donors (Lipinski definition) is 2. The molecule has 1 amide bonds. The van der Waals surface area contributed by atoms with Crippen LogP contribution in [0.3, 0.4) is 0 Å². The highest BCUT2D eigenvalue weighted by molar-refractivity contribution is 6.30. The van der Waals surface area contributed by atoms with E-state index >= 15 is 0 Å². The number of halogens is 2. The molecule has 0 bridgehead atoms. The van der Waals surface area contributed by atoms with Crippen LogP contribution in [0.15, 0.2) is 52.7 Å². The molecule has 0 aliphatic heterocycles. The van der Waals surface area contributed by atoms with E-state index in [4.69, 9.17) is 11.6 Å². The number of aromatic amines is 1. The lowest BCUT2D eigenvalue weighted by atomic mass is 10.2. The van der Waals surface area contributed by atoms with E-state index < -0.39 is 11.7 Å². The normalized spacial score (nSPS) is 11.4. The minimum atomic E-state index is -0.618. The van der Waals surface area contributed by atoms with Crippen molar-refractivity contribution < 1.29 is 14.3 Å². The second-order valence-electron chi connectivity index (χ2n) is 4.53. The van der Waals surface area contributed by atoms with Crippen molar-refractivity contribution in [2.45, 2.75) is 0 Å². The van der Waals surface area contributed by atoms with E-state index in [1.807, 2.05) is 0 Å². The number of fused-ring (bicyclic) bond motifs is 1. The summed E-state index contributed by atoms with van der Waals surface area (Å²) in [7, 11) is 0. The molecule has 0 atom stereocenters. The molecule has 2 N–H and O–H groups in total. The van der Waals surface area contributed by atoms with Gasteiger partial charge in [-0.1, -0.05) is 17.7 Å². The minimum absolute atomic E-state index is 0.00452. The van der Waals surface area contributed by atoms with Gasteiger partial charge in [-0.25, -0.2) is 4.39 Å². The number of carbonyl (C=O) groups excluding carboxylic acids is 1. The van der Waals surface area contributed by atoms with Gasteiger partial charge in [0.25, 0.3) is 5.91 Å². The number of aromatic hydroxyl groups is 1. The summed E-state index contributed by atoms with van der Waals surface area (Å²) in [4.78, 5) is 14.6. The third-order valence-corrected chi connectivity index (χ3v) is 3.26. The molecule has 7 heteroatoms. The highest BCUT2D eigenvalue weighted by Gasteiger charge is 2.12. The molecule has 0 radical (unpaired) electrons. The first-order valence-electron chi connectivity index (χ1n) is 6.26. The van der Waals surface area contributed by atoms with Crippen LogP contribution in [0.25, 0.3) is 10.9 Å². The van der Waals surface area contributed by atoms with Gasteiger partial charge in [0.05, 0.1) is 5.52 Å². The van der Waals surface area contributed by atoms with Gasteiger partial charge in [0.2, 0.25) is 5.88 Å². The number of H-pyrrole nitrogens is 1. The molecule has 0 aliphatic rings. The fourth-order valence-corrected chi connectivity index (χ4v) is 2.20. The van der Waals surface area contributed by atoms with Crippen LogP contribution in [-0.4, -0.2) is 16.0 Å². The largest absolute Gasteiger partial charge is 0.493 e. The van der Waals surface area contributed by atoms with Gasteiger partial charge in [-0.05, 0) is 36.4 Å². The van der Waals surface area contributed by atoms with Crippen LogP contribution in [0.1, 0.15) is 10.4 Å². The Hall–Kier alpha value is -2.73. The number of nitrogens with zero attached hydrogens (tertiary/aromatic N) is 2. The van der Waals surface area contributed by atoms with Crippen LogP contribution in [-0.2, 0) is 0 Å². The quantitative estimate of drug-likeness (QED) is 0.678. The second-order valence-corrected chi connectivity index (χ2v) is 4.96. The van der Waals surface area contributed by atoms with Gasteiger partial charge < -0.3 is 10.1 Å². The third-order valence-electron chi connectivity index (χ3n) is 3.03. The molecule has 0 saturated heterocycles. The summed E-state index contributed by atoms with van der Waals surface area (Å²) in [6.07, 6.45) is 0. The third kappa shape index (κ3) is 2.68. The zero-order chi connectivity index (χ0) is 15.7. The lowest BCUT2D eigenvalue weighted by Gasteiger charge is -1.95. The van der Waals surface area contributed by atoms with Crippen LogP contribution in [0.5, 0.6) is 5.88 Å². The number of azo groups is 1. The average Bonchev–Trinajstić information content (AvgIpc) is 2.80. The first kappa shape index (κ1) is 14.2. The number of hydrogen-bond acceptors (Lipinski definition) is 3. The van der Waals surface area contributed by atoms with Gasteiger partial charge in [0.1, 0.15) is 5.82 Å². The van der Waals surface area contributed by atoms with Crippen molar-refractivity contribution >= 4 is 34.1 Å². The predicted molar refractivity (Wildman–Crippen MR) is 80.2 cm³/mol. The number of carbonyl (C=O) groups is 1. The SMILES string of the molecule is O=C(N=Nc1c(O)[nH]c2ccc(F)cc12)c1cccc(Cl)c1. The maximum Gasteiger partial charge on any atom is 0.295 e. The Bertz CT molecular complexity index is 905. The fraction of sp³-hybridized carbons (Fsp3) is 0. The molecule has 0 spiro atoms. The molecule has 3 aromatic rings. The molecular formula is C15H9ClFN3O2. The van der Waals surface area contributed by atoms with Gasteiger partial charge in [-0.3, -0.25) is 4.79 Å². The predicted octanol–water partition coefficient (Wildman–Crippen LogP) is 4.59. The first-order valence-corrected chi connectivity index (χ1v) is 6.64. The van der Waals surface area contributed by atoms with Crippen LogP contribution in [0.4, 0.5) is 10.1 Å². The molecule has 3 rings (SSSR count). The fourth-order valence-electron chi connectivity index (χ4n) is 2.01. The van der Waals surface area contributed by atoms with E-state index in [0.29, 0.717) is 15.9 Å². The minimum Gasteiger partial charge on any atom is -0.493 e. The van der Waals surface area contributed by atoms with Gasteiger partial charge in [-0.15, -0.1) is 10.2 Å². The lowest BCUT2D eigenvalue weighted by molar-refractivity contribution is 0.0995. The maximum atomic E-state index is 13.3. The molecule has 0 saturated carbocycles. The molecule has 1 aromatic heterocycles. The summed E-state index contributed by atoms with van der Waals surface area (Å²) in [6, 6.07) is 10.1. The van der Waals surface area contributed by atoms with Crippen molar-refractivity contribution in [3.8, 4) is 5.88 Å². The monoisotopic (exact) mass is 317 g/mol. The van der Waals surface area contributed by atoms with Crippen LogP contribution in [0, 0.1) is 5.82 Å². The van der Waals surface area contributed by atoms with E-state index in [-0.39, 0.29) is 17.1 Å². The highest BCUT2D eigenvalue weighted by Crippen LogP contribution is 2.35. The van der Waals surface area contributed by atoms with Crippen molar-refractivity contribution in [2.24, 2.45) is 10.2 Å². The Morgan fingerprint density at radius 3 is 2.82 bits per heavy atom. The zero-order valence-electron chi connectivity index (χ0n) is 11.0. The summed E-state index contributed by atoms with van der Waals surface area (Å²) in [5, 5.41) is 17.8. The summed E-state index contributed by atoms with van der Waals surface area (Å²) < 4.78 is 13.3.